The van der Waals surface area contributed by atoms with E-state index in [1.165, 1.54) is 4.57 Å². The van der Waals surface area contributed by atoms with Crippen molar-refractivity contribution in [1.29, 1.82) is 0 Å². The Kier molecular flexibility index (Phi) is 4.85. The molecular weight excluding hydrogens is 396 g/mol. The van der Waals surface area contributed by atoms with Gasteiger partial charge in [0.2, 0.25) is 5.91 Å². The molecule has 1 aliphatic heterocycles. The van der Waals surface area contributed by atoms with Gasteiger partial charge in [-0.3, -0.25) is 13.5 Å². The molecule has 150 valence electrons. The Bertz CT molecular complexity index is 1200. The van der Waals surface area contributed by atoms with E-state index in [0.717, 1.165) is 6.26 Å². The Morgan fingerprint density at radius 3 is 2.14 bits per heavy atom. The highest BCUT2D eigenvalue weighted by Gasteiger charge is 2.44. The van der Waals surface area contributed by atoms with Crippen molar-refractivity contribution in [1.82, 2.24) is 9.88 Å². The van der Waals surface area contributed by atoms with E-state index < -0.39 is 33.9 Å². The van der Waals surface area contributed by atoms with Crippen LogP contribution in [0.3, 0.4) is 0 Å². The smallest absolute Gasteiger partial charge is 0.407 e. The molecule has 2 heterocycles. The second-order valence-corrected chi connectivity index (χ2v) is 8.34. The van der Waals surface area contributed by atoms with Gasteiger partial charge in [0.1, 0.15) is 6.04 Å². The minimum absolute atomic E-state index is 0.276. The number of rotatable bonds is 6. The average molecular weight is 414 g/mol. The van der Waals surface area contributed by atoms with Crippen LogP contribution in [0.4, 0.5) is 0 Å². The van der Waals surface area contributed by atoms with Crippen molar-refractivity contribution in [2.45, 2.75) is 12.1 Å². The molecule has 1 saturated heterocycles. The molecule has 1 aromatic heterocycles. The minimum atomic E-state index is -3.69. The second kappa shape index (κ2) is 7.34. The average Bonchev–Trinajstić information content (AvgIpc) is 3.02. The van der Waals surface area contributed by atoms with Gasteiger partial charge in [0.15, 0.2) is 5.76 Å². The van der Waals surface area contributed by atoms with E-state index in [2.05, 4.69) is 5.32 Å². The number of β-lactam (4-membered cyclic amide) rings is 1. The van der Waals surface area contributed by atoms with Crippen LogP contribution < -0.4 is 11.1 Å². The summed E-state index contributed by atoms with van der Waals surface area (Å²) in [5, 5.41) is 2.59. The first-order chi connectivity index (χ1) is 13.8. The van der Waals surface area contributed by atoms with Gasteiger partial charge >= 0.3 is 5.76 Å². The Morgan fingerprint density at radius 1 is 1.00 bits per heavy atom. The quantitative estimate of drug-likeness (QED) is 0.487. The Balaban J connectivity index is 1.84. The van der Waals surface area contributed by atoms with Crippen LogP contribution >= 0.6 is 0 Å². The normalized spacial score (nSPS) is 18.9. The molecule has 9 heteroatoms. The van der Waals surface area contributed by atoms with Gasteiger partial charge in [-0.2, -0.15) is 8.42 Å². The SMILES string of the molecule is CS(=O)(=O)OC[C@@H]1NC(=O)[C@@H]1n1c(-c2ccccc2)c(-c2ccccc2)oc1=O. The molecule has 0 bridgehead atoms. The van der Waals surface area contributed by atoms with E-state index in [1.807, 2.05) is 48.5 Å². The number of oxazole rings is 1. The molecule has 0 saturated carbocycles. The largest absolute Gasteiger partial charge is 0.420 e. The molecule has 1 aliphatic rings. The van der Waals surface area contributed by atoms with Gasteiger partial charge in [-0.15, -0.1) is 0 Å². The number of hydrogen-bond donors (Lipinski definition) is 1. The molecular formula is C20H18N2O6S. The van der Waals surface area contributed by atoms with Gasteiger partial charge in [0.05, 0.1) is 24.6 Å². The molecule has 0 spiro atoms. The lowest BCUT2D eigenvalue weighted by molar-refractivity contribution is -0.135. The summed E-state index contributed by atoms with van der Waals surface area (Å²) < 4.78 is 34.3. The number of nitrogens with zero attached hydrogens (tertiary/aromatic N) is 1. The van der Waals surface area contributed by atoms with Crippen molar-refractivity contribution < 1.29 is 21.8 Å². The predicted octanol–water partition coefficient (Wildman–Crippen LogP) is 1.79. The number of aromatic nitrogens is 1. The van der Waals surface area contributed by atoms with Crippen molar-refractivity contribution in [3.05, 3.63) is 71.2 Å². The first-order valence-electron chi connectivity index (χ1n) is 8.86. The summed E-state index contributed by atoms with van der Waals surface area (Å²) in [6, 6.07) is 16.6. The van der Waals surface area contributed by atoms with Gasteiger partial charge in [-0.1, -0.05) is 60.7 Å². The molecule has 1 amide bonds. The monoisotopic (exact) mass is 414 g/mol. The van der Waals surface area contributed by atoms with Gasteiger partial charge in [-0.25, -0.2) is 4.79 Å². The van der Waals surface area contributed by atoms with Crippen molar-refractivity contribution in [2.75, 3.05) is 12.9 Å². The summed E-state index contributed by atoms with van der Waals surface area (Å²) in [5.41, 5.74) is 1.83. The van der Waals surface area contributed by atoms with Crippen LogP contribution in [-0.2, 0) is 19.1 Å². The standard InChI is InChI=1S/C20H18N2O6S/c1-29(25,26)27-12-15-17(19(23)21-15)22-16(13-8-4-2-5-9-13)18(28-20(22)24)14-10-6-3-7-11-14/h2-11,15,17H,12H2,1H3,(H,21,23)/t15-,17+/m0/s1. The summed E-state index contributed by atoms with van der Waals surface area (Å²) >= 11 is 0. The number of carbonyl (C=O) groups excluding carboxylic acids is 1. The number of nitrogens with one attached hydrogen (secondary N) is 1. The summed E-state index contributed by atoms with van der Waals surface area (Å²) in [5.74, 6) is -0.775. The lowest BCUT2D eigenvalue weighted by Gasteiger charge is -2.36. The van der Waals surface area contributed by atoms with Crippen molar-refractivity contribution in [3.8, 4) is 22.6 Å². The lowest BCUT2D eigenvalue weighted by Crippen LogP contribution is -2.62. The summed E-state index contributed by atoms with van der Waals surface area (Å²) in [6.07, 6.45) is 0.926. The molecule has 1 N–H and O–H groups in total. The van der Waals surface area contributed by atoms with Crippen LogP contribution in [0.5, 0.6) is 0 Å². The van der Waals surface area contributed by atoms with Gasteiger partial charge in [-0.05, 0) is 0 Å². The second-order valence-electron chi connectivity index (χ2n) is 6.70. The number of benzene rings is 2. The predicted molar refractivity (Wildman–Crippen MR) is 106 cm³/mol. The van der Waals surface area contributed by atoms with Crippen LogP contribution in [0.2, 0.25) is 0 Å². The van der Waals surface area contributed by atoms with E-state index in [-0.39, 0.29) is 6.61 Å². The van der Waals surface area contributed by atoms with Crippen molar-refractivity contribution >= 4 is 16.0 Å². The fourth-order valence-electron chi connectivity index (χ4n) is 3.35. The maximum atomic E-state index is 12.8. The fourth-order valence-corrected chi connectivity index (χ4v) is 3.74. The van der Waals surface area contributed by atoms with E-state index in [4.69, 9.17) is 8.60 Å². The molecule has 0 aliphatic carbocycles. The Labute approximate surface area is 166 Å². The van der Waals surface area contributed by atoms with E-state index in [0.29, 0.717) is 22.6 Å². The highest BCUT2D eigenvalue weighted by Crippen LogP contribution is 2.35. The summed E-state index contributed by atoms with van der Waals surface area (Å²) in [7, 11) is -3.69. The highest BCUT2D eigenvalue weighted by atomic mass is 32.2. The van der Waals surface area contributed by atoms with E-state index in [9.17, 15) is 18.0 Å². The van der Waals surface area contributed by atoms with Crippen molar-refractivity contribution in [3.63, 3.8) is 0 Å². The zero-order chi connectivity index (χ0) is 20.6. The maximum Gasteiger partial charge on any atom is 0.420 e. The number of amides is 1. The molecule has 2 aromatic carbocycles. The van der Waals surface area contributed by atoms with Gasteiger partial charge in [0.25, 0.3) is 10.1 Å². The molecule has 2 atom stereocenters. The molecule has 3 aromatic rings. The molecule has 1 fully saturated rings. The Morgan fingerprint density at radius 2 is 1.59 bits per heavy atom. The van der Waals surface area contributed by atoms with Crippen LogP contribution in [-0.4, -0.2) is 37.8 Å². The zero-order valence-corrected chi connectivity index (χ0v) is 16.3. The molecule has 8 nitrogen and oxygen atoms in total. The maximum absolute atomic E-state index is 12.8. The first-order valence-corrected chi connectivity index (χ1v) is 10.7. The van der Waals surface area contributed by atoms with Crippen LogP contribution in [0.25, 0.3) is 22.6 Å². The van der Waals surface area contributed by atoms with E-state index >= 15 is 0 Å². The summed E-state index contributed by atoms with van der Waals surface area (Å²) in [6.45, 7) is -0.276. The zero-order valence-electron chi connectivity index (χ0n) is 15.4. The van der Waals surface area contributed by atoms with E-state index in [1.54, 1.807) is 12.1 Å². The highest BCUT2D eigenvalue weighted by molar-refractivity contribution is 7.85. The third-order valence-corrected chi connectivity index (χ3v) is 5.21. The number of carbonyl (C=O) groups is 1. The first kappa shape index (κ1) is 19.2. The third-order valence-electron chi connectivity index (χ3n) is 4.64. The summed E-state index contributed by atoms with van der Waals surface area (Å²) in [4.78, 5) is 25.1. The topological polar surface area (TPSA) is 108 Å². The van der Waals surface area contributed by atoms with Crippen molar-refractivity contribution in [2.24, 2.45) is 0 Å². The Hall–Kier alpha value is -3.17. The number of hydrogen-bond acceptors (Lipinski definition) is 6. The lowest BCUT2D eigenvalue weighted by atomic mass is 9.97. The van der Waals surface area contributed by atoms with Crippen LogP contribution in [0.1, 0.15) is 6.04 Å². The van der Waals surface area contributed by atoms with Crippen LogP contribution in [0, 0.1) is 0 Å². The van der Waals surface area contributed by atoms with Gasteiger partial charge in [0, 0.05) is 11.1 Å². The third kappa shape index (κ3) is 3.74. The molecule has 0 radical (unpaired) electrons. The van der Waals surface area contributed by atoms with Crippen LogP contribution in [0.15, 0.2) is 69.9 Å². The minimum Gasteiger partial charge on any atom is -0.407 e. The fraction of sp³-hybridized carbons (Fsp3) is 0.200. The molecule has 4 rings (SSSR count). The van der Waals surface area contributed by atoms with Gasteiger partial charge < -0.3 is 9.73 Å². The molecule has 0 unspecified atom stereocenters. The molecule has 29 heavy (non-hydrogen) atoms.